The van der Waals surface area contributed by atoms with Gasteiger partial charge in [0.25, 0.3) is 0 Å². The Bertz CT molecular complexity index is 1280. The smallest absolute Gasteiger partial charge is 0.321 e. The van der Waals surface area contributed by atoms with Gasteiger partial charge < -0.3 is 15.4 Å². The van der Waals surface area contributed by atoms with Gasteiger partial charge in [0.05, 0.1) is 11.2 Å². The Kier molecular flexibility index (Phi) is 5.58. The number of rotatable bonds is 5. The molecular formula is C23H23FN6O2. The summed E-state index contributed by atoms with van der Waals surface area (Å²) < 4.78 is 14.6. The number of aliphatic hydroxyl groups is 1. The largest absolute Gasteiger partial charge is 0.384 e. The molecule has 0 aliphatic heterocycles. The zero-order chi connectivity index (χ0) is 22.9. The number of benzene rings is 1. The Labute approximate surface area is 184 Å². The summed E-state index contributed by atoms with van der Waals surface area (Å²) in [6.07, 6.45) is 3.16. The summed E-state index contributed by atoms with van der Waals surface area (Å²) in [5.41, 5.74) is 2.69. The number of urea groups is 1. The fourth-order valence-corrected chi connectivity index (χ4v) is 3.35. The van der Waals surface area contributed by atoms with Crippen LogP contribution < -0.4 is 10.6 Å². The number of imidazole rings is 1. The minimum Gasteiger partial charge on any atom is -0.384 e. The van der Waals surface area contributed by atoms with Crippen LogP contribution in [0.25, 0.3) is 33.4 Å². The van der Waals surface area contributed by atoms with Crippen molar-refractivity contribution in [2.45, 2.75) is 26.4 Å². The van der Waals surface area contributed by atoms with Crippen LogP contribution >= 0.6 is 0 Å². The third kappa shape index (κ3) is 4.28. The highest BCUT2D eigenvalue weighted by Crippen LogP contribution is 2.34. The molecule has 32 heavy (non-hydrogen) atoms. The number of aromatic nitrogens is 4. The zero-order valence-electron chi connectivity index (χ0n) is 17.9. The van der Waals surface area contributed by atoms with Crippen molar-refractivity contribution < 1.29 is 14.3 Å². The Morgan fingerprint density at radius 1 is 1.19 bits per heavy atom. The Morgan fingerprint density at radius 2 is 2.00 bits per heavy atom. The van der Waals surface area contributed by atoms with Crippen LogP contribution in [0.3, 0.4) is 0 Å². The van der Waals surface area contributed by atoms with Crippen molar-refractivity contribution in [2.24, 2.45) is 0 Å². The predicted molar refractivity (Wildman–Crippen MR) is 120 cm³/mol. The van der Waals surface area contributed by atoms with Crippen molar-refractivity contribution in [2.75, 3.05) is 11.9 Å². The van der Waals surface area contributed by atoms with E-state index in [0.717, 1.165) is 11.1 Å². The summed E-state index contributed by atoms with van der Waals surface area (Å²) in [6, 6.07) is 9.66. The molecule has 0 saturated heterocycles. The van der Waals surface area contributed by atoms with Crippen molar-refractivity contribution in [3.8, 4) is 22.4 Å². The van der Waals surface area contributed by atoms with Crippen molar-refractivity contribution >= 4 is 23.0 Å². The van der Waals surface area contributed by atoms with E-state index in [9.17, 15) is 14.3 Å². The Balaban J connectivity index is 1.86. The highest BCUT2D eigenvalue weighted by Gasteiger charge is 2.19. The van der Waals surface area contributed by atoms with Crippen LogP contribution in [0.15, 0.2) is 48.8 Å². The maximum atomic E-state index is 14.6. The van der Waals surface area contributed by atoms with E-state index in [-0.39, 0.29) is 11.6 Å². The molecule has 1 aromatic carbocycles. The van der Waals surface area contributed by atoms with E-state index in [1.165, 1.54) is 18.3 Å². The SMILES string of the molecule is CCNC(=O)Nc1nc2c(-c3ncccc3F)cc(-c3ccc(C(C)(C)O)nc3)cc2[nH]1. The number of fused-ring (bicyclic) bond motifs is 1. The normalized spacial score (nSPS) is 11.5. The number of amides is 2. The van der Waals surface area contributed by atoms with E-state index >= 15 is 0 Å². The molecule has 3 aromatic heterocycles. The second-order valence-corrected chi connectivity index (χ2v) is 7.81. The van der Waals surface area contributed by atoms with Gasteiger partial charge in [-0.25, -0.2) is 14.2 Å². The fourth-order valence-electron chi connectivity index (χ4n) is 3.35. The van der Waals surface area contributed by atoms with Gasteiger partial charge in [-0.15, -0.1) is 0 Å². The molecule has 0 aliphatic carbocycles. The molecule has 0 spiro atoms. The van der Waals surface area contributed by atoms with Crippen molar-refractivity contribution in [3.63, 3.8) is 0 Å². The first kappa shape index (κ1) is 21.4. The van der Waals surface area contributed by atoms with Crippen LogP contribution in [0.2, 0.25) is 0 Å². The van der Waals surface area contributed by atoms with E-state index in [1.54, 1.807) is 32.2 Å². The number of hydrogen-bond donors (Lipinski definition) is 4. The molecule has 0 saturated carbocycles. The summed E-state index contributed by atoms with van der Waals surface area (Å²) in [6.45, 7) is 5.60. The molecule has 3 heterocycles. The third-order valence-corrected chi connectivity index (χ3v) is 4.89. The van der Waals surface area contributed by atoms with Gasteiger partial charge in [-0.1, -0.05) is 6.07 Å². The van der Waals surface area contributed by atoms with Crippen molar-refractivity contribution in [3.05, 3.63) is 60.3 Å². The molecule has 9 heteroatoms. The minimum atomic E-state index is -1.06. The molecule has 4 N–H and O–H groups in total. The topological polar surface area (TPSA) is 116 Å². The number of hydrogen-bond acceptors (Lipinski definition) is 5. The number of pyridine rings is 2. The first-order valence-corrected chi connectivity index (χ1v) is 10.1. The first-order chi connectivity index (χ1) is 15.3. The number of nitrogens with zero attached hydrogens (tertiary/aromatic N) is 3. The molecule has 2 amide bonds. The van der Waals surface area contributed by atoms with E-state index in [1.807, 2.05) is 19.1 Å². The molecule has 4 aromatic rings. The summed E-state index contributed by atoms with van der Waals surface area (Å²) in [5, 5.41) is 15.4. The number of carbonyl (C=O) groups excluding carboxylic acids is 1. The van der Waals surface area contributed by atoms with Crippen LogP contribution in [0.1, 0.15) is 26.5 Å². The number of anilines is 1. The van der Waals surface area contributed by atoms with Crippen LogP contribution in [0, 0.1) is 5.82 Å². The van der Waals surface area contributed by atoms with Crippen LogP contribution in [-0.2, 0) is 5.60 Å². The molecule has 0 unspecified atom stereocenters. The maximum Gasteiger partial charge on any atom is 0.321 e. The lowest BCUT2D eigenvalue weighted by molar-refractivity contribution is 0.0739. The van der Waals surface area contributed by atoms with Crippen LogP contribution in [0.4, 0.5) is 15.1 Å². The van der Waals surface area contributed by atoms with Crippen molar-refractivity contribution in [1.29, 1.82) is 0 Å². The Morgan fingerprint density at radius 3 is 2.66 bits per heavy atom. The second-order valence-electron chi connectivity index (χ2n) is 7.81. The van der Waals surface area contributed by atoms with Gasteiger partial charge in [-0.2, -0.15) is 0 Å². The van der Waals surface area contributed by atoms with Gasteiger partial charge in [0.15, 0.2) is 0 Å². The highest BCUT2D eigenvalue weighted by atomic mass is 19.1. The minimum absolute atomic E-state index is 0.150. The van der Waals surface area contributed by atoms with E-state index < -0.39 is 17.4 Å². The molecule has 8 nitrogen and oxygen atoms in total. The molecule has 4 rings (SSSR count). The molecule has 0 radical (unpaired) electrons. The van der Waals surface area contributed by atoms with Gasteiger partial charge >= 0.3 is 6.03 Å². The number of halogens is 1. The predicted octanol–water partition coefficient (Wildman–Crippen LogP) is 4.19. The number of aromatic amines is 1. The molecule has 0 atom stereocenters. The van der Waals surface area contributed by atoms with Crippen molar-refractivity contribution in [1.82, 2.24) is 25.3 Å². The summed E-state index contributed by atoms with van der Waals surface area (Å²) in [7, 11) is 0. The first-order valence-electron chi connectivity index (χ1n) is 10.1. The fraction of sp³-hybridized carbons (Fsp3) is 0.217. The molecule has 164 valence electrons. The Hall–Kier alpha value is -3.85. The third-order valence-electron chi connectivity index (χ3n) is 4.89. The van der Waals surface area contributed by atoms with Gasteiger partial charge in [0, 0.05) is 30.1 Å². The molecule has 0 aliphatic rings. The zero-order valence-corrected chi connectivity index (χ0v) is 17.9. The van der Waals surface area contributed by atoms with E-state index in [0.29, 0.717) is 28.8 Å². The lowest BCUT2D eigenvalue weighted by atomic mass is 9.99. The lowest BCUT2D eigenvalue weighted by Crippen LogP contribution is -2.28. The summed E-state index contributed by atoms with van der Waals surface area (Å²) in [4.78, 5) is 28.0. The molecular weight excluding hydrogens is 411 g/mol. The lowest BCUT2D eigenvalue weighted by Gasteiger charge is -2.16. The summed E-state index contributed by atoms with van der Waals surface area (Å²) in [5.74, 6) is -0.251. The quantitative estimate of drug-likeness (QED) is 0.376. The van der Waals surface area contributed by atoms with Gasteiger partial charge in [-0.05, 0) is 56.7 Å². The number of carbonyl (C=O) groups is 1. The van der Waals surface area contributed by atoms with Crippen LogP contribution in [-0.4, -0.2) is 37.6 Å². The average Bonchev–Trinajstić information content (AvgIpc) is 3.15. The molecule has 0 fully saturated rings. The van der Waals surface area contributed by atoms with Gasteiger partial charge in [0.1, 0.15) is 22.6 Å². The average molecular weight is 434 g/mol. The van der Waals surface area contributed by atoms with Gasteiger partial charge in [-0.3, -0.25) is 15.3 Å². The maximum absolute atomic E-state index is 14.6. The standard InChI is InChI=1S/C23H23FN6O2/c1-4-25-22(31)30-21-28-17-11-14(13-7-8-18(27-12-13)23(2,3)32)10-15(20(17)29-21)19-16(24)6-5-9-26-19/h5-12,32H,4H2,1-3H3,(H3,25,28,29,30,31). The second kappa shape index (κ2) is 8.35. The summed E-state index contributed by atoms with van der Waals surface area (Å²) >= 11 is 0. The molecule has 0 bridgehead atoms. The highest BCUT2D eigenvalue weighted by molar-refractivity contribution is 5.98. The number of nitrogens with one attached hydrogen (secondary N) is 3. The van der Waals surface area contributed by atoms with Gasteiger partial charge in [0.2, 0.25) is 5.95 Å². The monoisotopic (exact) mass is 434 g/mol. The van der Waals surface area contributed by atoms with E-state index in [2.05, 4.69) is 30.6 Å². The number of H-pyrrole nitrogens is 1. The van der Waals surface area contributed by atoms with E-state index in [4.69, 9.17) is 0 Å². The van der Waals surface area contributed by atoms with Crippen LogP contribution in [0.5, 0.6) is 0 Å².